The monoisotopic (exact) mass is 562 g/mol. The second kappa shape index (κ2) is 11.1. The molecule has 2 aliphatic heterocycles. The lowest BCUT2D eigenvalue weighted by Crippen LogP contribution is -2.35. The predicted molar refractivity (Wildman–Crippen MR) is 156 cm³/mol. The summed E-state index contributed by atoms with van der Waals surface area (Å²) in [4.78, 5) is 16.3. The average Bonchev–Trinajstić information content (AvgIpc) is 3.21. The molecule has 41 heavy (non-hydrogen) atoms. The molecule has 218 valence electrons. The maximum atomic E-state index is 14.6. The lowest BCUT2D eigenvalue weighted by molar-refractivity contribution is -0.129. The van der Waals surface area contributed by atoms with Crippen LogP contribution in [0.5, 0.6) is 0 Å². The number of carbonyl (C=O) groups is 1. The fourth-order valence-corrected chi connectivity index (χ4v) is 6.97. The van der Waals surface area contributed by atoms with E-state index in [1.165, 1.54) is 18.2 Å². The van der Waals surface area contributed by atoms with E-state index in [0.717, 1.165) is 43.5 Å². The molecule has 0 aromatic carbocycles. The zero-order chi connectivity index (χ0) is 28.8. The van der Waals surface area contributed by atoms with Crippen molar-refractivity contribution in [3.8, 4) is 0 Å². The molecular weight excluding hydrogens is 522 g/mol. The van der Waals surface area contributed by atoms with Gasteiger partial charge in [-0.05, 0) is 62.0 Å². The van der Waals surface area contributed by atoms with Crippen molar-refractivity contribution in [1.82, 2.24) is 24.5 Å². The van der Waals surface area contributed by atoms with Gasteiger partial charge >= 0.3 is 0 Å². The standard InChI is InChI=1S/C32H40F2N6O/c1-20-16-28(31(33)34)27(23-17-35-37(4)18-23)8-6-5-7-14-39(20)32-29-19-38(22(3)41)15-13-30(29)40(36-32)24-9-11-25-21(2)26(25)12-10-24/h8,11,16-18,21,24,26,31H,1,5-7,9-10,12-15,19H2,2-4H3/b27-8-,28-16?. The first-order valence-electron chi connectivity index (χ1n) is 14.9. The van der Waals surface area contributed by atoms with Gasteiger partial charge in [0.25, 0.3) is 6.43 Å². The minimum Gasteiger partial charge on any atom is -0.338 e. The van der Waals surface area contributed by atoms with Gasteiger partial charge in [0.05, 0.1) is 18.8 Å². The summed E-state index contributed by atoms with van der Waals surface area (Å²) < 4.78 is 33.1. The molecule has 9 heteroatoms. The van der Waals surface area contributed by atoms with Gasteiger partial charge in [0.15, 0.2) is 5.82 Å². The highest BCUT2D eigenvalue weighted by molar-refractivity contribution is 5.80. The van der Waals surface area contributed by atoms with Crippen LogP contribution in [-0.4, -0.2) is 49.9 Å². The molecule has 0 N–H and O–H groups in total. The van der Waals surface area contributed by atoms with Crippen molar-refractivity contribution >= 4 is 17.3 Å². The summed E-state index contributed by atoms with van der Waals surface area (Å²) in [5.41, 5.74) is 5.39. The molecule has 2 aliphatic carbocycles. The van der Waals surface area contributed by atoms with E-state index in [0.29, 0.717) is 54.7 Å². The number of aromatic nitrogens is 4. The minimum absolute atomic E-state index is 0.0357. The Kier molecular flexibility index (Phi) is 7.47. The summed E-state index contributed by atoms with van der Waals surface area (Å²) in [5.74, 6) is 2.21. The van der Waals surface area contributed by atoms with E-state index in [1.807, 2.05) is 15.9 Å². The number of nitrogens with zero attached hydrogens (tertiary/aromatic N) is 6. The van der Waals surface area contributed by atoms with Gasteiger partial charge in [-0.1, -0.05) is 31.2 Å². The second-order valence-corrected chi connectivity index (χ2v) is 12.0. The Balaban J connectivity index is 1.40. The Labute approximate surface area is 240 Å². The minimum atomic E-state index is -2.67. The third-order valence-electron chi connectivity index (χ3n) is 9.41. The van der Waals surface area contributed by atoms with Crippen LogP contribution in [0.2, 0.25) is 0 Å². The molecular formula is C32H40F2N6O. The van der Waals surface area contributed by atoms with Gasteiger partial charge in [-0.2, -0.15) is 10.2 Å². The van der Waals surface area contributed by atoms with E-state index >= 15 is 0 Å². The third-order valence-corrected chi connectivity index (χ3v) is 9.41. The van der Waals surface area contributed by atoms with Crippen LogP contribution in [0, 0.1) is 11.8 Å². The fourth-order valence-electron chi connectivity index (χ4n) is 6.97. The van der Waals surface area contributed by atoms with Crippen molar-refractivity contribution in [2.45, 2.75) is 77.8 Å². The van der Waals surface area contributed by atoms with E-state index in [4.69, 9.17) is 5.10 Å². The first-order valence-corrected chi connectivity index (χ1v) is 14.9. The van der Waals surface area contributed by atoms with Crippen LogP contribution < -0.4 is 4.90 Å². The molecule has 7 nitrogen and oxygen atoms in total. The number of aryl methyl sites for hydroxylation is 1. The molecule has 0 spiro atoms. The maximum Gasteiger partial charge on any atom is 0.264 e. The van der Waals surface area contributed by atoms with E-state index in [2.05, 4.69) is 29.4 Å². The molecule has 6 rings (SSSR count). The van der Waals surface area contributed by atoms with Crippen molar-refractivity contribution in [2.75, 3.05) is 18.0 Å². The van der Waals surface area contributed by atoms with Gasteiger partial charge in [0, 0.05) is 67.8 Å². The molecule has 1 fully saturated rings. The number of rotatable bonds is 4. The van der Waals surface area contributed by atoms with Gasteiger partial charge in [-0.15, -0.1) is 0 Å². The van der Waals surface area contributed by atoms with Crippen LogP contribution >= 0.6 is 0 Å². The molecule has 4 aliphatic rings. The Hall–Kier alpha value is -3.49. The first kappa shape index (κ1) is 27.7. The van der Waals surface area contributed by atoms with E-state index in [9.17, 15) is 13.6 Å². The van der Waals surface area contributed by atoms with Crippen LogP contribution in [0.4, 0.5) is 14.6 Å². The highest BCUT2D eigenvalue weighted by Gasteiger charge is 2.42. The number of allylic oxidation sites excluding steroid dienone is 6. The summed E-state index contributed by atoms with van der Waals surface area (Å²) >= 11 is 0. The second-order valence-electron chi connectivity index (χ2n) is 12.0. The zero-order valence-electron chi connectivity index (χ0n) is 24.3. The summed E-state index contributed by atoms with van der Waals surface area (Å²) in [5, 5.41) is 9.45. The smallest absolute Gasteiger partial charge is 0.264 e. The van der Waals surface area contributed by atoms with Crippen LogP contribution in [0.25, 0.3) is 5.57 Å². The first-order chi connectivity index (χ1) is 19.7. The maximum absolute atomic E-state index is 14.6. The predicted octanol–water partition coefficient (Wildman–Crippen LogP) is 6.22. The van der Waals surface area contributed by atoms with Gasteiger partial charge in [-0.3, -0.25) is 14.2 Å². The number of anilines is 1. The normalized spacial score (nSPS) is 26.4. The molecule has 4 heterocycles. The van der Waals surface area contributed by atoms with Crippen LogP contribution in [0.1, 0.15) is 75.2 Å². The lowest BCUT2D eigenvalue weighted by atomic mass is 9.96. The number of halogens is 2. The number of hydrogen-bond acceptors (Lipinski definition) is 4. The van der Waals surface area contributed by atoms with Gasteiger partial charge in [0.1, 0.15) is 0 Å². The molecule has 1 saturated carbocycles. The Bertz CT molecular complexity index is 1450. The van der Waals surface area contributed by atoms with Crippen LogP contribution in [0.15, 0.2) is 54.0 Å². The summed E-state index contributed by atoms with van der Waals surface area (Å²) in [6.45, 7) is 9.99. The van der Waals surface area contributed by atoms with E-state index in [-0.39, 0.29) is 17.5 Å². The van der Waals surface area contributed by atoms with Crippen molar-refractivity contribution < 1.29 is 13.6 Å². The third kappa shape index (κ3) is 5.31. The van der Waals surface area contributed by atoms with Crippen LogP contribution in [-0.2, 0) is 24.8 Å². The highest BCUT2D eigenvalue weighted by Crippen LogP contribution is 2.52. The molecule has 0 saturated heterocycles. The Morgan fingerprint density at radius 2 is 2.00 bits per heavy atom. The quantitative estimate of drug-likeness (QED) is 0.416. The van der Waals surface area contributed by atoms with Crippen molar-refractivity contribution in [3.05, 3.63) is 70.9 Å². The van der Waals surface area contributed by atoms with Crippen LogP contribution in [0.3, 0.4) is 0 Å². The molecule has 3 unspecified atom stereocenters. The van der Waals surface area contributed by atoms with Gasteiger partial charge in [-0.25, -0.2) is 8.78 Å². The molecule has 1 amide bonds. The fraction of sp³-hybridized carbons (Fsp3) is 0.531. The van der Waals surface area contributed by atoms with Crippen molar-refractivity contribution in [1.29, 1.82) is 0 Å². The number of carbonyl (C=O) groups excluding carboxylic acids is 1. The van der Waals surface area contributed by atoms with Gasteiger partial charge in [0.2, 0.25) is 5.91 Å². The molecule has 3 atom stereocenters. The number of alkyl halides is 2. The largest absolute Gasteiger partial charge is 0.338 e. The Morgan fingerprint density at radius 1 is 1.17 bits per heavy atom. The highest BCUT2D eigenvalue weighted by atomic mass is 19.3. The summed E-state index contributed by atoms with van der Waals surface area (Å²) in [6, 6.07) is 0.259. The summed E-state index contributed by atoms with van der Waals surface area (Å²) in [6.07, 6.45) is 12.9. The SMILES string of the molecule is C=C1C=C(C(F)F)/C(c2cnn(C)c2)=C\CCCCN1c1nn(C2CC=C3C(C)C3CC2)c2c1CN(C(C)=O)CC2. The van der Waals surface area contributed by atoms with E-state index in [1.54, 1.807) is 36.6 Å². The number of amides is 1. The van der Waals surface area contributed by atoms with Crippen molar-refractivity contribution in [3.63, 3.8) is 0 Å². The lowest BCUT2D eigenvalue weighted by Gasteiger charge is -2.30. The molecule has 0 radical (unpaired) electrons. The topological polar surface area (TPSA) is 59.2 Å². The summed E-state index contributed by atoms with van der Waals surface area (Å²) in [7, 11) is 1.79. The van der Waals surface area contributed by atoms with Gasteiger partial charge < -0.3 is 9.80 Å². The average molecular weight is 563 g/mol. The van der Waals surface area contributed by atoms with Crippen molar-refractivity contribution in [2.24, 2.45) is 18.9 Å². The zero-order valence-corrected chi connectivity index (χ0v) is 24.3. The number of hydrogen-bond donors (Lipinski definition) is 0. The van der Waals surface area contributed by atoms with E-state index < -0.39 is 6.43 Å². The molecule has 2 aromatic rings. The molecule has 2 aromatic heterocycles. The number of fused-ring (bicyclic) bond motifs is 2. The Morgan fingerprint density at radius 3 is 2.73 bits per heavy atom. The molecule has 0 bridgehead atoms.